The fourth-order valence-electron chi connectivity index (χ4n) is 0.214. The Labute approximate surface area is 68.7 Å². The standard InChI is InChI=1S/C4H11NO.C3H9NO/c1-3-4(2)6-5;1-2-3-5-4/h4H,3,5H2,1-2H3;2-4H2,1H3. The van der Waals surface area contributed by atoms with E-state index in [-0.39, 0.29) is 6.10 Å². The molecular formula is C7H20N2O2. The van der Waals surface area contributed by atoms with Crippen molar-refractivity contribution in [3.05, 3.63) is 0 Å². The molecule has 0 fully saturated rings. The second-order valence-electron chi connectivity index (χ2n) is 2.23. The Morgan fingerprint density at radius 1 is 1.27 bits per heavy atom. The summed E-state index contributed by atoms with van der Waals surface area (Å²) in [7, 11) is 0. The summed E-state index contributed by atoms with van der Waals surface area (Å²) in [5.41, 5.74) is 0. The van der Waals surface area contributed by atoms with E-state index in [1.54, 1.807) is 0 Å². The molecule has 0 aromatic rings. The van der Waals surface area contributed by atoms with Gasteiger partial charge in [-0.1, -0.05) is 13.8 Å². The first-order chi connectivity index (χ1) is 5.22. The van der Waals surface area contributed by atoms with Gasteiger partial charge in [-0.15, -0.1) is 0 Å². The Hall–Kier alpha value is -0.160. The SMILES string of the molecule is CCC(C)ON.CCCON. The van der Waals surface area contributed by atoms with E-state index in [1.165, 1.54) is 0 Å². The molecule has 11 heavy (non-hydrogen) atoms. The number of hydrogen-bond acceptors (Lipinski definition) is 4. The van der Waals surface area contributed by atoms with Crippen molar-refractivity contribution in [3.8, 4) is 0 Å². The molecule has 4 N–H and O–H groups in total. The smallest absolute Gasteiger partial charge is 0.0756 e. The Morgan fingerprint density at radius 2 is 1.82 bits per heavy atom. The second kappa shape index (κ2) is 12.5. The Morgan fingerprint density at radius 3 is 1.82 bits per heavy atom. The molecule has 0 aromatic carbocycles. The maximum atomic E-state index is 4.78. The molecule has 0 amide bonds. The normalized spacial score (nSPS) is 11.7. The minimum atomic E-state index is 0.213. The zero-order valence-electron chi connectivity index (χ0n) is 7.67. The molecule has 0 bridgehead atoms. The van der Waals surface area contributed by atoms with Crippen LogP contribution in [0.15, 0.2) is 0 Å². The van der Waals surface area contributed by atoms with Gasteiger partial charge in [-0.3, -0.25) is 0 Å². The third-order valence-corrected chi connectivity index (χ3v) is 1.13. The lowest BCUT2D eigenvalue weighted by Crippen LogP contribution is -2.10. The van der Waals surface area contributed by atoms with E-state index in [2.05, 4.69) is 15.6 Å². The maximum Gasteiger partial charge on any atom is 0.0756 e. The van der Waals surface area contributed by atoms with Crippen LogP contribution in [0.3, 0.4) is 0 Å². The molecule has 0 radical (unpaired) electrons. The first-order valence-electron chi connectivity index (χ1n) is 3.90. The first-order valence-corrected chi connectivity index (χ1v) is 3.90. The molecule has 0 aromatic heterocycles. The van der Waals surface area contributed by atoms with Crippen molar-refractivity contribution in [1.82, 2.24) is 0 Å². The monoisotopic (exact) mass is 164 g/mol. The van der Waals surface area contributed by atoms with Gasteiger partial charge in [0.25, 0.3) is 0 Å². The van der Waals surface area contributed by atoms with Crippen molar-refractivity contribution in [1.29, 1.82) is 0 Å². The van der Waals surface area contributed by atoms with Gasteiger partial charge in [0.05, 0.1) is 12.7 Å². The lowest BCUT2D eigenvalue weighted by molar-refractivity contribution is 0.0642. The average molecular weight is 164 g/mol. The molecule has 0 saturated carbocycles. The Kier molecular flexibility index (Phi) is 15.3. The largest absolute Gasteiger partial charge is 0.305 e. The molecule has 1 unspecified atom stereocenters. The van der Waals surface area contributed by atoms with E-state index >= 15 is 0 Å². The highest BCUT2D eigenvalue weighted by Gasteiger charge is 1.89. The van der Waals surface area contributed by atoms with Crippen LogP contribution in [0.5, 0.6) is 0 Å². The molecule has 0 aliphatic heterocycles. The summed E-state index contributed by atoms with van der Waals surface area (Å²) < 4.78 is 0. The first kappa shape index (κ1) is 13.4. The quantitative estimate of drug-likeness (QED) is 0.607. The number of rotatable bonds is 4. The highest BCUT2D eigenvalue weighted by Crippen LogP contribution is 1.87. The third-order valence-electron chi connectivity index (χ3n) is 1.13. The molecule has 1 atom stereocenters. The fraction of sp³-hybridized carbons (Fsp3) is 1.00. The van der Waals surface area contributed by atoms with E-state index in [0.29, 0.717) is 6.61 Å². The molecule has 0 rings (SSSR count). The van der Waals surface area contributed by atoms with Crippen molar-refractivity contribution in [2.24, 2.45) is 11.8 Å². The predicted molar refractivity (Wildman–Crippen MR) is 45.5 cm³/mol. The predicted octanol–water partition coefficient (Wildman–Crippen LogP) is 0.962. The summed E-state index contributed by atoms with van der Waals surface area (Å²) in [5, 5.41) is 0. The van der Waals surface area contributed by atoms with Crippen LogP contribution in [-0.4, -0.2) is 12.7 Å². The van der Waals surface area contributed by atoms with Crippen molar-refractivity contribution in [2.75, 3.05) is 6.61 Å². The molecule has 0 aliphatic rings. The topological polar surface area (TPSA) is 70.5 Å². The van der Waals surface area contributed by atoms with Gasteiger partial charge in [-0.2, -0.15) is 0 Å². The summed E-state index contributed by atoms with van der Waals surface area (Å²) >= 11 is 0. The molecule has 0 heterocycles. The van der Waals surface area contributed by atoms with Crippen LogP contribution < -0.4 is 11.8 Å². The van der Waals surface area contributed by atoms with Crippen LogP contribution in [-0.2, 0) is 9.68 Å². The van der Waals surface area contributed by atoms with Gasteiger partial charge in [0.2, 0.25) is 0 Å². The summed E-state index contributed by atoms with van der Waals surface area (Å²) in [6.07, 6.45) is 2.19. The second-order valence-corrected chi connectivity index (χ2v) is 2.23. The Bertz CT molecular complexity index is 56.4. The molecule has 0 spiro atoms. The maximum absolute atomic E-state index is 4.78. The van der Waals surface area contributed by atoms with E-state index in [0.717, 1.165) is 12.8 Å². The molecular weight excluding hydrogens is 144 g/mol. The summed E-state index contributed by atoms with van der Waals surface area (Å²) in [5.74, 6) is 9.42. The van der Waals surface area contributed by atoms with Crippen molar-refractivity contribution >= 4 is 0 Å². The molecule has 4 heteroatoms. The van der Waals surface area contributed by atoms with E-state index < -0.39 is 0 Å². The van der Waals surface area contributed by atoms with Gasteiger partial charge in [-0.05, 0) is 19.8 Å². The molecule has 0 saturated heterocycles. The van der Waals surface area contributed by atoms with Crippen LogP contribution in [0.2, 0.25) is 0 Å². The molecule has 70 valence electrons. The van der Waals surface area contributed by atoms with Crippen molar-refractivity contribution in [2.45, 2.75) is 39.7 Å². The minimum Gasteiger partial charge on any atom is -0.305 e. The summed E-state index contributed by atoms with van der Waals surface area (Å²) in [6, 6.07) is 0. The zero-order chi connectivity index (χ0) is 9.11. The molecule has 0 aliphatic carbocycles. The van der Waals surface area contributed by atoms with Crippen molar-refractivity contribution in [3.63, 3.8) is 0 Å². The average Bonchev–Trinajstić information content (AvgIpc) is 2.06. The lowest BCUT2D eigenvalue weighted by Gasteiger charge is -2.00. The number of nitrogens with two attached hydrogens (primary N) is 2. The fourth-order valence-corrected chi connectivity index (χ4v) is 0.214. The number of hydrogen-bond donors (Lipinski definition) is 2. The van der Waals surface area contributed by atoms with Crippen LogP contribution in [0.4, 0.5) is 0 Å². The van der Waals surface area contributed by atoms with E-state index in [1.807, 2.05) is 20.8 Å². The lowest BCUT2D eigenvalue weighted by atomic mass is 10.3. The highest BCUT2D eigenvalue weighted by atomic mass is 16.6. The van der Waals surface area contributed by atoms with Crippen molar-refractivity contribution < 1.29 is 9.68 Å². The van der Waals surface area contributed by atoms with Gasteiger partial charge < -0.3 is 9.68 Å². The minimum absolute atomic E-state index is 0.213. The third kappa shape index (κ3) is 17.7. The molecule has 4 nitrogen and oxygen atoms in total. The van der Waals surface area contributed by atoms with Gasteiger partial charge >= 0.3 is 0 Å². The van der Waals surface area contributed by atoms with Gasteiger partial charge in [0.15, 0.2) is 0 Å². The highest BCUT2D eigenvalue weighted by molar-refractivity contribution is 4.37. The summed E-state index contributed by atoms with van der Waals surface area (Å²) in [6.45, 7) is 6.63. The van der Waals surface area contributed by atoms with E-state index in [9.17, 15) is 0 Å². The van der Waals surface area contributed by atoms with Crippen LogP contribution >= 0.6 is 0 Å². The van der Waals surface area contributed by atoms with Crippen LogP contribution in [0, 0.1) is 0 Å². The Balaban J connectivity index is 0. The van der Waals surface area contributed by atoms with Crippen LogP contribution in [0.1, 0.15) is 33.6 Å². The van der Waals surface area contributed by atoms with Gasteiger partial charge in [0, 0.05) is 0 Å². The van der Waals surface area contributed by atoms with Gasteiger partial charge in [-0.25, -0.2) is 11.8 Å². The van der Waals surface area contributed by atoms with Crippen LogP contribution in [0.25, 0.3) is 0 Å². The summed E-state index contributed by atoms with van der Waals surface area (Å²) in [4.78, 5) is 8.59. The zero-order valence-corrected chi connectivity index (χ0v) is 7.67. The van der Waals surface area contributed by atoms with E-state index in [4.69, 9.17) is 5.90 Å². The van der Waals surface area contributed by atoms with Gasteiger partial charge in [0.1, 0.15) is 0 Å².